The normalized spacial score (nSPS) is 17.0. The van der Waals surface area contributed by atoms with Crippen molar-refractivity contribution in [2.45, 2.75) is 52.5 Å². The molecule has 0 amide bonds. The van der Waals surface area contributed by atoms with E-state index in [1.165, 1.54) is 0 Å². The summed E-state index contributed by atoms with van der Waals surface area (Å²) in [5, 5.41) is 11.0. The summed E-state index contributed by atoms with van der Waals surface area (Å²) in [5.74, 6) is 1.69. The molecule has 148 valence electrons. The number of amidine groups is 1. The number of nitrogens with zero attached hydrogens (tertiary/aromatic N) is 4. The molecule has 0 aromatic heterocycles. The molecule has 1 atom stereocenters. The van der Waals surface area contributed by atoms with Gasteiger partial charge in [-0.05, 0) is 46.4 Å². The van der Waals surface area contributed by atoms with Crippen LogP contribution in [0.1, 0.15) is 46.5 Å². The van der Waals surface area contributed by atoms with E-state index in [0.29, 0.717) is 12.7 Å². The molecule has 0 aromatic carbocycles. The Morgan fingerprint density at radius 3 is 2.69 bits per heavy atom. The van der Waals surface area contributed by atoms with Crippen LogP contribution < -0.4 is 16.4 Å². The molecule has 26 heavy (non-hydrogen) atoms. The molecule has 0 aromatic rings. The van der Waals surface area contributed by atoms with Gasteiger partial charge in [0.15, 0.2) is 5.82 Å². The number of hydrazine groups is 1. The van der Waals surface area contributed by atoms with Gasteiger partial charge in [0.25, 0.3) is 0 Å². The first-order valence-electron chi connectivity index (χ1n) is 9.54. The molecule has 7 heteroatoms. The van der Waals surface area contributed by atoms with Crippen LogP contribution in [0.15, 0.2) is 33.7 Å². The van der Waals surface area contributed by atoms with E-state index in [-0.39, 0.29) is 0 Å². The molecule has 0 radical (unpaired) electrons. The minimum atomic E-state index is 0.418. The Morgan fingerprint density at radius 1 is 1.38 bits per heavy atom. The molecule has 7 nitrogen and oxygen atoms in total. The molecule has 1 aliphatic heterocycles. The van der Waals surface area contributed by atoms with E-state index in [0.717, 1.165) is 68.2 Å². The van der Waals surface area contributed by atoms with Gasteiger partial charge in [-0.3, -0.25) is 15.3 Å². The maximum Gasteiger partial charge on any atom is 0.155 e. The predicted octanol–water partition coefficient (Wildman–Crippen LogP) is 2.06. The number of unbranched alkanes of at least 4 members (excludes halogenated alkanes) is 1. The molecule has 1 unspecified atom stereocenters. The summed E-state index contributed by atoms with van der Waals surface area (Å²) in [6, 6.07) is 0.418. The van der Waals surface area contributed by atoms with Crippen molar-refractivity contribution >= 4 is 12.6 Å². The van der Waals surface area contributed by atoms with Crippen LogP contribution in [0.4, 0.5) is 0 Å². The summed E-state index contributed by atoms with van der Waals surface area (Å²) in [6.45, 7) is 17.0. The molecule has 0 saturated carbocycles. The number of allylic oxidation sites excluding steroid dienone is 1. The third-order valence-corrected chi connectivity index (χ3v) is 4.31. The molecule has 0 fully saturated rings. The number of hydrogen-bond acceptors (Lipinski definition) is 6. The Balaban J connectivity index is 2.86. The predicted molar refractivity (Wildman–Crippen MR) is 112 cm³/mol. The number of hydrogen-bond donors (Lipinski definition) is 3. The van der Waals surface area contributed by atoms with Crippen molar-refractivity contribution in [3.05, 3.63) is 23.7 Å². The zero-order valence-electron chi connectivity index (χ0n) is 17.0. The zero-order chi connectivity index (χ0) is 19.5. The van der Waals surface area contributed by atoms with Crippen LogP contribution in [0.3, 0.4) is 0 Å². The van der Waals surface area contributed by atoms with Gasteiger partial charge in [0.2, 0.25) is 0 Å². The molecule has 1 rings (SSSR count). The van der Waals surface area contributed by atoms with E-state index in [4.69, 9.17) is 10.7 Å². The maximum absolute atomic E-state index is 5.56. The Hall–Kier alpha value is -1.70. The van der Waals surface area contributed by atoms with Crippen LogP contribution in [0, 0.1) is 0 Å². The van der Waals surface area contributed by atoms with E-state index in [9.17, 15) is 0 Å². The quantitative estimate of drug-likeness (QED) is 0.281. The Morgan fingerprint density at radius 2 is 2.12 bits per heavy atom. The van der Waals surface area contributed by atoms with E-state index in [1.54, 1.807) is 0 Å². The highest BCUT2D eigenvalue weighted by Crippen LogP contribution is 2.26. The van der Waals surface area contributed by atoms with Gasteiger partial charge in [0, 0.05) is 25.3 Å². The third kappa shape index (κ3) is 6.55. The van der Waals surface area contributed by atoms with E-state index in [2.05, 4.69) is 47.8 Å². The highest BCUT2D eigenvalue weighted by atomic mass is 15.7. The molecule has 0 bridgehead atoms. The van der Waals surface area contributed by atoms with Gasteiger partial charge in [-0.2, -0.15) is 0 Å². The third-order valence-electron chi connectivity index (χ3n) is 4.31. The number of rotatable bonds is 12. The number of nitrogens with one attached hydrogen (secondary N) is 2. The van der Waals surface area contributed by atoms with E-state index < -0.39 is 0 Å². The second-order valence-corrected chi connectivity index (χ2v) is 6.80. The summed E-state index contributed by atoms with van der Waals surface area (Å²) in [7, 11) is 2.02. The van der Waals surface area contributed by atoms with Crippen molar-refractivity contribution in [1.82, 2.24) is 20.7 Å². The van der Waals surface area contributed by atoms with Crippen molar-refractivity contribution in [2.24, 2.45) is 15.7 Å². The van der Waals surface area contributed by atoms with Gasteiger partial charge in [0.05, 0.1) is 18.8 Å². The average Bonchev–Trinajstić information content (AvgIpc) is 2.94. The Labute approximate surface area is 159 Å². The van der Waals surface area contributed by atoms with Crippen LogP contribution in [-0.4, -0.2) is 62.0 Å². The van der Waals surface area contributed by atoms with E-state index in [1.807, 2.05) is 19.0 Å². The largest absolute Gasteiger partial charge is 0.370 e. The first-order chi connectivity index (χ1) is 12.5. The lowest BCUT2D eigenvalue weighted by molar-refractivity contribution is 0.111. The van der Waals surface area contributed by atoms with Crippen LogP contribution in [0.25, 0.3) is 0 Å². The Kier molecular flexibility index (Phi) is 10.2. The summed E-state index contributed by atoms with van der Waals surface area (Å²) in [6.07, 6.45) is 4.36. The van der Waals surface area contributed by atoms with Crippen LogP contribution in [0.2, 0.25) is 0 Å². The van der Waals surface area contributed by atoms with Crippen molar-refractivity contribution in [3.8, 4) is 0 Å². The van der Waals surface area contributed by atoms with Crippen LogP contribution in [0.5, 0.6) is 0 Å². The fourth-order valence-corrected chi connectivity index (χ4v) is 2.95. The topological polar surface area (TPSA) is 81.3 Å². The van der Waals surface area contributed by atoms with Crippen LogP contribution in [-0.2, 0) is 0 Å². The highest BCUT2D eigenvalue weighted by Gasteiger charge is 2.30. The van der Waals surface area contributed by atoms with Gasteiger partial charge < -0.3 is 11.1 Å². The minimum Gasteiger partial charge on any atom is -0.370 e. The highest BCUT2D eigenvalue weighted by molar-refractivity contribution is 5.99. The average molecular weight is 364 g/mol. The number of likely N-dealkylation sites (N-methyl/N-ethyl adjacent to an activating group) is 1. The minimum absolute atomic E-state index is 0.418. The first-order valence-corrected chi connectivity index (χ1v) is 9.54. The lowest BCUT2D eigenvalue weighted by Gasteiger charge is -2.26. The second kappa shape index (κ2) is 11.8. The molecular weight excluding hydrogens is 326 g/mol. The first kappa shape index (κ1) is 22.3. The van der Waals surface area contributed by atoms with Crippen molar-refractivity contribution < 1.29 is 0 Å². The summed E-state index contributed by atoms with van der Waals surface area (Å²) in [4.78, 5) is 9.02. The molecule has 4 N–H and O–H groups in total. The fourth-order valence-electron chi connectivity index (χ4n) is 2.95. The molecule has 1 aliphatic rings. The number of aliphatic imine (C=N–C) groups is 2. The lowest BCUT2D eigenvalue weighted by Crippen LogP contribution is -2.33. The summed E-state index contributed by atoms with van der Waals surface area (Å²) < 4.78 is 0. The lowest BCUT2D eigenvalue weighted by atomic mass is 10.1. The second-order valence-electron chi connectivity index (χ2n) is 6.80. The Bertz CT molecular complexity index is 524. The number of nitrogens with two attached hydrogens (primary N) is 1. The zero-order valence-corrected chi connectivity index (χ0v) is 17.0. The van der Waals surface area contributed by atoms with Crippen molar-refractivity contribution in [3.63, 3.8) is 0 Å². The summed E-state index contributed by atoms with van der Waals surface area (Å²) in [5.41, 5.74) is 7.52. The molecule has 0 spiro atoms. The maximum atomic E-state index is 5.56. The van der Waals surface area contributed by atoms with Gasteiger partial charge in [0.1, 0.15) is 5.84 Å². The van der Waals surface area contributed by atoms with Gasteiger partial charge in [-0.25, -0.2) is 10.0 Å². The monoisotopic (exact) mass is 363 g/mol. The standard InChI is InChI=1S/C19H37N7/c1-7-12-22-18(24-14-23-16(4)10-8-9-11-20)17-13-25(6)26(15(2)3)19(17)21-5/h16,23H,2,5,7-14,20H2,1,3-4,6H3,(H,22,24). The van der Waals surface area contributed by atoms with Gasteiger partial charge >= 0.3 is 0 Å². The molecule has 1 heterocycles. The smallest absolute Gasteiger partial charge is 0.155 e. The SMILES string of the molecule is C=NC1=C(/C(=N\CNC(C)CCCCN)NCCC)CN(C)N1C(=C)C. The summed E-state index contributed by atoms with van der Waals surface area (Å²) >= 11 is 0. The van der Waals surface area contributed by atoms with Gasteiger partial charge in [-0.15, -0.1) is 0 Å². The molecular formula is C19H37N7. The molecule has 0 aliphatic carbocycles. The van der Waals surface area contributed by atoms with Crippen LogP contribution >= 0.6 is 0 Å². The molecule has 0 saturated heterocycles. The van der Waals surface area contributed by atoms with Crippen molar-refractivity contribution in [2.75, 3.05) is 33.4 Å². The van der Waals surface area contributed by atoms with Crippen molar-refractivity contribution in [1.29, 1.82) is 0 Å². The van der Waals surface area contributed by atoms with Gasteiger partial charge in [-0.1, -0.05) is 19.9 Å². The fraction of sp³-hybridized carbons (Fsp3) is 0.684. The van der Waals surface area contributed by atoms with E-state index >= 15 is 0 Å².